The Kier molecular flexibility index (Phi) is 7.79. The van der Waals surface area contributed by atoms with Crippen molar-refractivity contribution in [3.8, 4) is 0 Å². The Bertz CT molecular complexity index is 386. The molecule has 0 bridgehead atoms. The van der Waals surface area contributed by atoms with E-state index in [1.165, 1.54) is 6.54 Å². The van der Waals surface area contributed by atoms with Crippen LogP contribution >= 0.6 is 12.4 Å². The smallest absolute Gasteiger partial charge is 0.225 e. The number of nitrogens with zero attached hydrogens (tertiary/aromatic N) is 2. The lowest BCUT2D eigenvalue weighted by molar-refractivity contribution is -0.138. The van der Waals surface area contributed by atoms with Crippen molar-refractivity contribution in [2.45, 2.75) is 51.7 Å². The zero-order valence-electron chi connectivity index (χ0n) is 15.2. The Morgan fingerprint density at radius 3 is 2.21 bits per heavy atom. The van der Waals surface area contributed by atoms with Crippen LogP contribution in [0.25, 0.3) is 0 Å². The second kappa shape index (κ2) is 9.37. The molecule has 3 aliphatic rings. The van der Waals surface area contributed by atoms with Gasteiger partial charge in [-0.15, -0.1) is 12.4 Å². The predicted molar refractivity (Wildman–Crippen MR) is 98.6 cm³/mol. The number of likely N-dealkylation sites (tertiary alicyclic amines) is 1. The van der Waals surface area contributed by atoms with E-state index in [1.54, 1.807) is 0 Å². The molecule has 140 valence electrons. The highest BCUT2D eigenvalue weighted by molar-refractivity contribution is 5.85. The van der Waals surface area contributed by atoms with Crippen molar-refractivity contribution >= 4 is 18.3 Å². The zero-order chi connectivity index (χ0) is 16.2. The number of carbonyl (C=O) groups excluding carboxylic acids is 1. The van der Waals surface area contributed by atoms with Crippen LogP contribution in [0.5, 0.6) is 0 Å². The van der Waals surface area contributed by atoms with E-state index in [0.717, 1.165) is 70.9 Å². The van der Waals surface area contributed by atoms with Crippen molar-refractivity contribution < 1.29 is 9.53 Å². The highest BCUT2D eigenvalue weighted by Crippen LogP contribution is 2.23. The number of ether oxygens (including phenoxy) is 1. The van der Waals surface area contributed by atoms with Gasteiger partial charge in [-0.25, -0.2) is 0 Å². The molecule has 0 aromatic rings. The number of hydrogen-bond acceptors (Lipinski definition) is 4. The first-order valence-corrected chi connectivity index (χ1v) is 9.49. The average Bonchev–Trinajstić information content (AvgIpc) is 2.55. The van der Waals surface area contributed by atoms with Crippen LogP contribution in [0.2, 0.25) is 0 Å². The quantitative estimate of drug-likeness (QED) is 0.834. The lowest BCUT2D eigenvalue weighted by Crippen LogP contribution is -2.49. The second-order valence-corrected chi connectivity index (χ2v) is 7.77. The molecule has 0 aromatic heterocycles. The first kappa shape index (κ1) is 20.0. The summed E-state index contributed by atoms with van der Waals surface area (Å²) in [7, 11) is 0. The van der Waals surface area contributed by atoms with Crippen LogP contribution in [0.3, 0.4) is 0 Å². The zero-order valence-corrected chi connectivity index (χ0v) is 16.0. The molecule has 2 unspecified atom stereocenters. The topological polar surface area (TPSA) is 44.8 Å². The average molecular weight is 360 g/mol. The summed E-state index contributed by atoms with van der Waals surface area (Å²) in [5.74, 6) is 1.43. The third-order valence-corrected chi connectivity index (χ3v) is 5.63. The molecule has 3 aliphatic heterocycles. The Balaban J connectivity index is 0.00000208. The van der Waals surface area contributed by atoms with Crippen LogP contribution in [0.4, 0.5) is 0 Å². The van der Waals surface area contributed by atoms with E-state index in [4.69, 9.17) is 4.74 Å². The van der Waals surface area contributed by atoms with Crippen molar-refractivity contribution in [3.05, 3.63) is 0 Å². The number of carbonyl (C=O) groups is 1. The van der Waals surface area contributed by atoms with Crippen molar-refractivity contribution in [1.29, 1.82) is 0 Å². The van der Waals surface area contributed by atoms with E-state index in [2.05, 4.69) is 29.0 Å². The molecule has 3 rings (SSSR count). The second-order valence-electron chi connectivity index (χ2n) is 7.77. The molecular formula is C18H34ClN3O2. The Morgan fingerprint density at radius 1 is 1.04 bits per heavy atom. The van der Waals surface area contributed by atoms with E-state index in [9.17, 15) is 4.79 Å². The largest absolute Gasteiger partial charge is 0.373 e. The number of rotatable bonds is 3. The normalized spacial score (nSPS) is 30.8. The van der Waals surface area contributed by atoms with Crippen LogP contribution in [-0.2, 0) is 9.53 Å². The van der Waals surface area contributed by atoms with E-state index in [1.807, 2.05) is 0 Å². The first-order valence-electron chi connectivity index (χ1n) is 9.49. The number of hydrogen-bond donors (Lipinski definition) is 1. The van der Waals surface area contributed by atoms with E-state index >= 15 is 0 Å². The van der Waals surface area contributed by atoms with Crippen molar-refractivity contribution in [3.63, 3.8) is 0 Å². The standard InChI is InChI=1S/C18H33N3O2.ClH/c1-14-11-20(12-15(2)23-14)13-16-5-9-21(10-6-16)18(22)17-3-7-19-8-4-17;/h14-17,19H,3-13H2,1-2H3;1H. The highest BCUT2D eigenvalue weighted by Gasteiger charge is 2.30. The fourth-order valence-corrected chi connectivity index (χ4v) is 4.46. The number of halogens is 1. The van der Waals surface area contributed by atoms with Gasteiger partial charge in [-0.3, -0.25) is 9.69 Å². The minimum absolute atomic E-state index is 0. The fraction of sp³-hybridized carbons (Fsp3) is 0.944. The van der Waals surface area contributed by atoms with Gasteiger partial charge >= 0.3 is 0 Å². The lowest BCUT2D eigenvalue weighted by atomic mass is 9.92. The molecule has 3 fully saturated rings. The number of amides is 1. The van der Waals surface area contributed by atoms with Gasteiger partial charge in [0, 0.05) is 38.6 Å². The molecule has 0 aromatic carbocycles. The van der Waals surface area contributed by atoms with Gasteiger partial charge in [0.25, 0.3) is 0 Å². The minimum Gasteiger partial charge on any atom is -0.373 e. The number of nitrogens with one attached hydrogen (secondary N) is 1. The van der Waals surface area contributed by atoms with Crippen molar-refractivity contribution in [2.24, 2.45) is 11.8 Å². The van der Waals surface area contributed by atoms with Crippen LogP contribution < -0.4 is 5.32 Å². The summed E-state index contributed by atoms with van der Waals surface area (Å²) >= 11 is 0. The van der Waals surface area contributed by atoms with Crippen LogP contribution in [0, 0.1) is 11.8 Å². The van der Waals surface area contributed by atoms with E-state index < -0.39 is 0 Å². The van der Waals surface area contributed by atoms with Crippen molar-refractivity contribution in [1.82, 2.24) is 15.1 Å². The molecule has 3 saturated heterocycles. The first-order chi connectivity index (χ1) is 11.1. The summed E-state index contributed by atoms with van der Waals surface area (Å²) in [5.41, 5.74) is 0. The van der Waals surface area contributed by atoms with Gasteiger partial charge in [-0.2, -0.15) is 0 Å². The Morgan fingerprint density at radius 2 is 1.62 bits per heavy atom. The third kappa shape index (κ3) is 5.32. The highest BCUT2D eigenvalue weighted by atomic mass is 35.5. The lowest BCUT2D eigenvalue weighted by Gasteiger charge is -2.40. The summed E-state index contributed by atoms with van der Waals surface area (Å²) in [6.07, 6.45) is 5.05. The van der Waals surface area contributed by atoms with Gasteiger partial charge in [0.2, 0.25) is 5.91 Å². The third-order valence-electron chi connectivity index (χ3n) is 5.63. The molecule has 5 nitrogen and oxygen atoms in total. The molecule has 0 aliphatic carbocycles. The molecule has 3 heterocycles. The summed E-state index contributed by atoms with van der Waals surface area (Å²) in [6.45, 7) is 11.5. The van der Waals surface area contributed by atoms with E-state index in [-0.39, 0.29) is 18.3 Å². The number of morpholine rings is 1. The molecule has 0 radical (unpaired) electrons. The maximum absolute atomic E-state index is 12.6. The molecule has 24 heavy (non-hydrogen) atoms. The predicted octanol–water partition coefficient (Wildman–Crippen LogP) is 1.76. The molecule has 6 heteroatoms. The Hall–Kier alpha value is -0.360. The van der Waals surface area contributed by atoms with Crippen molar-refractivity contribution in [2.75, 3.05) is 45.8 Å². The number of piperidine rings is 2. The summed E-state index contributed by atoms with van der Waals surface area (Å²) < 4.78 is 5.82. The monoisotopic (exact) mass is 359 g/mol. The van der Waals surface area contributed by atoms with E-state index in [0.29, 0.717) is 18.1 Å². The molecule has 0 spiro atoms. The van der Waals surface area contributed by atoms with Gasteiger partial charge in [0.05, 0.1) is 12.2 Å². The van der Waals surface area contributed by atoms with Gasteiger partial charge in [0.1, 0.15) is 0 Å². The van der Waals surface area contributed by atoms with Crippen LogP contribution in [0.15, 0.2) is 0 Å². The van der Waals surface area contributed by atoms with Gasteiger partial charge in [-0.05, 0) is 58.5 Å². The fourth-order valence-electron chi connectivity index (χ4n) is 4.46. The minimum atomic E-state index is 0. The SMILES string of the molecule is CC1CN(CC2CCN(C(=O)C3CCNCC3)CC2)CC(C)O1.Cl. The maximum Gasteiger partial charge on any atom is 0.225 e. The van der Waals surface area contributed by atoms with Crippen LogP contribution in [-0.4, -0.2) is 73.7 Å². The van der Waals surface area contributed by atoms with Crippen LogP contribution in [0.1, 0.15) is 39.5 Å². The maximum atomic E-state index is 12.6. The molecule has 1 amide bonds. The van der Waals surface area contributed by atoms with Gasteiger partial charge in [-0.1, -0.05) is 0 Å². The molecule has 0 saturated carbocycles. The van der Waals surface area contributed by atoms with Gasteiger partial charge in [0.15, 0.2) is 0 Å². The molecular weight excluding hydrogens is 326 g/mol. The summed E-state index contributed by atoms with van der Waals surface area (Å²) in [4.78, 5) is 17.3. The van der Waals surface area contributed by atoms with Gasteiger partial charge < -0.3 is 15.0 Å². The summed E-state index contributed by atoms with van der Waals surface area (Å²) in [5, 5.41) is 3.35. The molecule has 1 N–H and O–H groups in total. The molecule has 2 atom stereocenters. The summed E-state index contributed by atoms with van der Waals surface area (Å²) in [6, 6.07) is 0. The Labute approximate surface area is 152 Å².